The molecule has 138 valence electrons. The summed E-state index contributed by atoms with van der Waals surface area (Å²) in [5, 5.41) is 11.2. The van der Waals surface area contributed by atoms with Gasteiger partial charge in [0.05, 0.1) is 10.9 Å². The van der Waals surface area contributed by atoms with E-state index in [2.05, 4.69) is 27.6 Å². The van der Waals surface area contributed by atoms with Crippen LogP contribution >= 0.6 is 23.5 Å². The van der Waals surface area contributed by atoms with Crippen LogP contribution in [-0.4, -0.2) is 21.4 Å². The Morgan fingerprint density at radius 1 is 1.11 bits per heavy atom. The molecular weight excluding hydrogens is 378 g/mol. The van der Waals surface area contributed by atoms with Gasteiger partial charge in [-0.1, -0.05) is 53.9 Å². The van der Waals surface area contributed by atoms with Crippen LogP contribution < -0.4 is 5.32 Å². The van der Waals surface area contributed by atoms with Gasteiger partial charge in [0.25, 0.3) is 5.22 Å². The topological polar surface area (TPSA) is 68.0 Å². The standard InChI is InChI=1S/C20H19N3O2S2/c1-13(26-20-23-22-19(25-20)14-11-12-14)18(24)21-16-9-5-6-10-17(16)27-15-7-3-2-4-8-15/h2-10,13-14H,11-12H2,1H3,(H,21,24)/t13-/m0/s1. The first kappa shape index (κ1) is 18.1. The average Bonchev–Trinajstić information content (AvgIpc) is 3.43. The highest BCUT2D eigenvalue weighted by molar-refractivity contribution is 8.00. The number of hydrogen-bond donors (Lipinski definition) is 1. The lowest BCUT2D eigenvalue weighted by Crippen LogP contribution is -2.22. The van der Waals surface area contributed by atoms with Gasteiger partial charge in [-0.05, 0) is 44.0 Å². The van der Waals surface area contributed by atoms with E-state index in [4.69, 9.17) is 4.42 Å². The first-order chi connectivity index (χ1) is 13.2. The summed E-state index contributed by atoms with van der Waals surface area (Å²) >= 11 is 2.91. The van der Waals surface area contributed by atoms with Gasteiger partial charge in [-0.15, -0.1) is 10.2 Å². The summed E-state index contributed by atoms with van der Waals surface area (Å²) in [5.74, 6) is 1.01. The van der Waals surface area contributed by atoms with Gasteiger partial charge in [-0.25, -0.2) is 0 Å². The van der Waals surface area contributed by atoms with Gasteiger partial charge in [-0.3, -0.25) is 4.79 Å². The fourth-order valence-corrected chi connectivity index (χ4v) is 4.09. The number of para-hydroxylation sites is 1. The maximum Gasteiger partial charge on any atom is 0.277 e. The van der Waals surface area contributed by atoms with Crippen LogP contribution in [0.2, 0.25) is 0 Å². The fourth-order valence-electron chi connectivity index (χ4n) is 2.48. The Kier molecular flexibility index (Phi) is 5.50. The third-order valence-corrected chi connectivity index (χ3v) is 6.13. The Bertz CT molecular complexity index is 926. The van der Waals surface area contributed by atoms with Crippen molar-refractivity contribution in [1.29, 1.82) is 0 Å². The first-order valence-corrected chi connectivity index (χ1v) is 10.5. The lowest BCUT2D eigenvalue weighted by Gasteiger charge is -2.13. The summed E-state index contributed by atoms with van der Waals surface area (Å²) in [6.07, 6.45) is 2.22. The highest BCUT2D eigenvalue weighted by atomic mass is 32.2. The van der Waals surface area contributed by atoms with E-state index in [9.17, 15) is 4.79 Å². The van der Waals surface area contributed by atoms with Crippen molar-refractivity contribution in [3.05, 3.63) is 60.5 Å². The van der Waals surface area contributed by atoms with Crippen molar-refractivity contribution in [3.63, 3.8) is 0 Å². The predicted octanol–water partition coefficient (Wildman–Crippen LogP) is 5.22. The van der Waals surface area contributed by atoms with Crippen molar-refractivity contribution in [2.24, 2.45) is 0 Å². The van der Waals surface area contributed by atoms with Crippen molar-refractivity contribution in [2.75, 3.05) is 5.32 Å². The van der Waals surface area contributed by atoms with Crippen LogP contribution in [0.15, 0.2) is 74.0 Å². The molecule has 2 aromatic carbocycles. The number of amides is 1. The molecule has 0 saturated heterocycles. The van der Waals surface area contributed by atoms with E-state index in [1.54, 1.807) is 11.8 Å². The van der Waals surface area contributed by atoms with E-state index < -0.39 is 0 Å². The molecule has 3 aromatic rings. The summed E-state index contributed by atoms with van der Waals surface area (Å²) in [6, 6.07) is 17.9. The quantitative estimate of drug-likeness (QED) is 0.552. The van der Waals surface area contributed by atoms with Crippen molar-refractivity contribution >= 4 is 35.1 Å². The fraction of sp³-hybridized carbons (Fsp3) is 0.250. The highest BCUT2D eigenvalue weighted by Crippen LogP contribution is 2.40. The number of benzene rings is 2. The zero-order valence-electron chi connectivity index (χ0n) is 14.8. The molecule has 1 fully saturated rings. The summed E-state index contributed by atoms with van der Waals surface area (Å²) in [4.78, 5) is 14.8. The minimum Gasteiger partial charge on any atom is -0.416 e. The Morgan fingerprint density at radius 3 is 2.63 bits per heavy atom. The number of thioether (sulfide) groups is 1. The SMILES string of the molecule is C[C@H](Sc1nnc(C2CC2)o1)C(=O)Nc1ccccc1Sc1ccccc1. The van der Waals surface area contributed by atoms with E-state index >= 15 is 0 Å². The van der Waals surface area contributed by atoms with Gasteiger partial charge < -0.3 is 9.73 Å². The third-order valence-electron chi connectivity index (χ3n) is 4.11. The lowest BCUT2D eigenvalue weighted by molar-refractivity contribution is -0.115. The van der Waals surface area contributed by atoms with Crippen LogP contribution in [-0.2, 0) is 4.79 Å². The molecule has 0 unspecified atom stereocenters. The summed E-state index contributed by atoms with van der Waals surface area (Å²) in [5.41, 5.74) is 0.799. The molecule has 1 atom stereocenters. The van der Waals surface area contributed by atoms with Gasteiger partial charge in [0.1, 0.15) is 0 Å². The molecule has 1 aliphatic carbocycles. The smallest absolute Gasteiger partial charge is 0.277 e. The normalized spacial score (nSPS) is 14.7. The van der Waals surface area contributed by atoms with Crippen LogP contribution in [0, 0.1) is 0 Å². The third kappa shape index (κ3) is 4.73. The Labute approximate surface area is 166 Å². The van der Waals surface area contributed by atoms with E-state index in [0.29, 0.717) is 17.0 Å². The van der Waals surface area contributed by atoms with Crippen LogP contribution in [0.3, 0.4) is 0 Å². The molecule has 1 amide bonds. The van der Waals surface area contributed by atoms with E-state index in [1.165, 1.54) is 11.8 Å². The molecule has 0 radical (unpaired) electrons. The van der Waals surface area contributed by atoms with E-state index in [-0.39, 0.29) is 11.2 Å². The Balaban J connectivity index is 1.41. The number of anilines is 1. The zero-order chi connectivity index (χ0) is 18.6. The van der Waals surface area contributed by atoms with Gasteiger partial charge in [0.15, 0.2) is 0 Å². The minimum absolute atomic E-state index is 0.0905. The average molecular weight is 398 g/mol. The Morgan fingerprint density at radius 2 is 1.85 bits per heavy atom. The number of nitrogens with one attached hydrogen (secondary N) is 1. The van der Waals surface area contributed by atoms with Crippen LogP contribution in [0.5, 0.6) is 0 Å². The maximum atomic E-state index is 12.6. The molecule has 4 rings (SSSR count). The number of aromatic nitrogens is 2. The number of carbonyl (C=O) groups excluding carboxylic acids is 1. The molecule has 1 saturated carbocycles. The number of nitrogens with zero attached hydrogens (tertiary/aromatic N) is 2. The predicted molar refractivity (Wildman–Crippen MR) is 107 cm³/mol. The molecule has 0 aliphatic heterocycles. The van der Waals surface area contributed by atoms with E-state index in [0.717, 1.165) is 28.3 Å². The zero-order valence-corrected chi connectivity index (χ0v) is 16.4. The van der Waals surface area contributed by atoms with Crippen molar-refractivity contribution in [3.8, 4) is 0 Å². The molecule has 5 nitrogen and oxygen atoms in total. The number of carbonyl (C=O) groups is 1. The van der Waals surface area contributed by atoms with Gasteiger partial charge in [0.2, 0.25) is 11.8 Å². The molecule has 1 aromatic heterocycles. The second kappa shape index (κ2) is 8.19. The van der Waals surface area contributed by atoms with Crippen molar-refractivity contribution in [1.82, 2.24) is 10.2 Å². The van der Waals surface area contributed by atoms with Gasteiger partial charge in [-0.2, -0.15) is 0 Å². The molecule has 27 heavy (non-hydrogen) atoms. The molecule has 1 aliphatic rings. The number of rotatable bonds is 7. The molecule has 0 spiro atoms. The van der Waals surface area contributed by atoms with Gasteiger partial charge in [0, 0.05) is 15.7 Å². The Hall–Kier alpha value is -2.25. The second-order valence-electron chi connectivity index (χ2n) is 6.34. The maximum absolute atomic E-state index is 12.6. The second-order valence-corrected chi connectivity index (χ2v) is 8.75. The lowest BCUT2D eigenvalue weighted by atomic mass is 10.3. The van der Waals surface area contributed by atoms with Crippen LogP contribution in [0.4, 0.5) is 5.69 Å². The van der Waals surface area contributed by atoms with Crippen LogP contribution in [0.1, 0.15) is 31.6 Å². The van der Waals surface area contributed by atoms with Crippen LogP contribution in [0.25, 0.3) is 0 Å². The molecule has 1 heterocycles. The number of hydrogen-bond acceptors (Lipinski definition) is 6. The molecule has 0 bridgehead atoms. The molecular formula is C20H19N3O2S2. The molecule has 1 N–H and O–H groups in total. The highest BCUT2D eigenvalue weighted by Gasteiger charge is 2.30. The largest absolute Gasteiger partial charge is 0.416 e. The molecule has 7 heteroatoms. The van der Waals surface area contributed by atoms with E-state index in [1.807, 2.05) is 49.4 Å². The van der Waals surface area contributed by atoms with Crippen molar-refractivity contribution < 1.29 is 9.21 Å². The monoisotopic (exact) mass is 397 g/mol. The summed E-state index contributed by atoms with van der Waals surface area (Å²) in [6.45, 7) is 1.84. The first-order valence-electron chi connectivity index (χ1n) is 8.82. The summed E-state index contributed by atoms with van der Waals surface area (Å²) in [7, 11) is 0. The summed E-state index contributed by atoms with van der Waals surface area (Å²) < 4.78 is 5.64. The minimum atomic E-state index is -0.340. The van der Waals surface area contributed by atoms with Gasteiger partial charge >= 0.3 is 0 Å². The van der Waals surface area contributed by atoms with Crippen molar-refractivity contribution in [2.45, 2.75) is 45.9 Å².